The molecule has 0 saturated carbocycles. The predicted molar refractivity (Wildman–Crippen MR) is 95.7 cm³/mol. The van der Waals surface area contributed by atoms with Gasteiger partial charge in [0.1, 0.15) is 0 Å². The van der Waals surface area contributed by atoms with Crippen molar-refractivity contribution in [3.05, 3.63) is 35.9 Å². The van der Waals surface area contributed by atoms with Crippen molar-refractivity contribution >= 4 is 5.91 Å². The fraction of sp³-hybridized carbons (Fsp3) is 0.650. The van der Waals surface area contributed by atoms with Crippen molar-refractivity contribution in [3.63, 3.8) is 0 Å². The van der Waals surface area contributed by atoms with Crippen molar-refractivity contribution in [1.82, 2.24) is 9.80 Å². The molecule has 0 radical (unpaired) electrons. The van der Waals surface area contributed by atoms with Gasteiger partial charge in [-0.05, 0) is 49.8 Å². The summed E-state index contributed by atoms with van der Waals surface area (Å²) in [4.78, 5) is 16.8. The zero-order valence-electron chi connectivity index (χ0n) is 14.9. The molecule has 2 fully saturated rings. The highest BCUT2D eigenvalue weighted by atomic mass is 16.5. The van der Waals surface area contributed by atoms with Crippen LogP contribution < -0.4 is 0 Å². The number of likely N-dealkylation sites (tertiary alicyclic amines) is 2. The number of piperidine rings is 2. The lowest BCUT2D eigenvalue weighted by Gasteiger charge is -2.47. The van der Waals surface area contributed by atoms with Crippen molar-refractivity contribution in [2.45, 2.75) is 38.6 Å². The summed E-state index contributed by atoms with van der Waals surface area (Å²) in [5.74, 6) is 0.337. The first-order valence-electron chi connectivity index (χ1n) is 9.24. The van der Waals surface area contributed by atoms with Crippen LogP contribution in [0, 0.1) is 5.41 Å². The first-order valence-corrected chi connectivity index (χ1v) is 9.24. The van der Waals surface area contributed by atoms with Gasteiger partial charge >= 0.3 is 0 Å². The zero-order chi connectivity index (χ0) is 16.8. The summed E-state index contributed by atoms with van der Waals surface area (Å²) >= 11 is 0. The van der Waals surface area contributed by atoms with E-state index < -0.39 is 0 Å². The minimum Gasteiger partial charge on any atom is -0.385 e. The van der Waals surface area contributed by atoms with Crippen LogP contribution in [-0.2, 0) is 16.1 Å². The number of amides is 1. The Morgan fingerprint density at radius 3 is 2.58 bits per heavy atom. The Labute approximate surface area is 145 Å². The van der Waals surface area contributed by atoms with E-state index in [0.717, 1.165) is 58.6 Å². The molecule has 0 aromatic heterocycles. The number of methoxy groups -OCH3 is 1. The summed E-state index contributed by atoms with van der Waals surface area (Å²) in [7, 11) is 1.72. The van der Waals surface area contributed by atoms with Crippen molar-refractivity contribution in [2.75, 3.05) is 39.9 Å². The first-order chi connectivity index (χ1) is 11.7. The van der Waals surface area contributed by atoms with Crippen molar-refractivity contribution < 1.29 is 9.53 Å². The number of nitrogens with zero attached hydrogens (tertiary/aromatic N) is 2. The Bertz CT molecular complexity index is 524. The molecule has 0 N–H and O–H groups in total. The van der Waals surface area contributed by atoms with E-state index in [1.165, 1.54) is 18.4 Å². The average molecular weight is 330 g/mol. The van der Waals surface area contributed by atoms with Crippen LogP contribution >= 0.6 is 0 Å². The third-order valence-corrected chi connectivity index (χ3v) is 5.69. The molecular weight excluding hydrogens is 300 g/mol. The van der Waals surface area contributed by atoms with Gasteiger partial charge in [-0.2, -0.15) is 0 Å². The molecule has 2 aliphatic rings. The maximum Gasteiger partial charge on any atom is 0.222 e. The third-order valence-electron chi connectivity index (χ3n) is 5.69. The van der Waals surface area contributed by atoms with E-state index in [-0.39, 0.29) is 0 Å². The average Bonchev–Trinajstić information content (AvgIpc) is 2.61. The van der Waals surface area contributed by atoms with Gasteiger partial charge < -0.3 is 9.64 Å². The molecule has 4 heteroatoms. The van der Waals surface area contributed by atoms with Crippen molar-refractivity contribution in [2.24, 2.45) is 5.41 Å². The normalized spacial score (nSPS) is 21.4. The minimum absolute atomic E-state index is 0.337. The number of rotatable bonds is 6. The van der Waals surface area contributed by atoms with Gasteiger partial charge in [0, 0.05) is 39.8 Å². The van der Waals surface area contributed by atoms with Crippen LogP contribution in [0.1, 0.15) is 37.7 Å². The van der Waals surface area contributed by atoms with E-state index in [2.05, 4.69) is 40.1 Å². The summed E-state index contributed by atoms with van der Waals surface area (Å²) < 4.78 is 5.13. The predicted octanol–water partition coefficient (Wildman–Crippen LogP) is 2.93. The number of ether oxygens (including phenoxy) is 1. The minimum atomic E-state index is 0.337. The lowest BCUT2D eigenvalue weighted by Crippen LogP contribution is -2.51. The number of benzene rings is 1. The zero-order valence-corrected chi connectivity index (χ0v) is 14.9. The number of carbonyl (C=O) groups is 1. The van der Waals surface area contributed by atoms with Gasteiger partial charge in [-0.15, -0.1) is 0 Å². The highest BCUT2D eigenvalue weighted by Crippen LogP contribution is 2.40. The molecule has 0 aliphatic carbocycles. The van der Waals surface area contributed by atoms with Gasteiger partial charge in [-0.1, -0.05) is 30.3 Å². The Hall–Kier alpha value is -1.39. The molecule has 0 bridgehead atoms. The fourth-order valence-electron chi connectivity index (χ4n) is 4.14. The second-order valence-electron chi connectivity index (χ2n) is 7.42. The van der Waals surface area contributed by atoms with E-state index in [9.17, 15) is 4.79 Å². The maximum atomic E-state index is 12.2. The standard InChI is InChI=1S/C20H30N2O2/c1-24-15-5-12-22-17-20(9-8-19(22)23)10-13-21(14-11-20)16-18-6-3-2-4-7-18/h2-4,6-7H,5,8-17H2,1H3. The summed E-state index contributed by atoms with van der Waals surface area (Å²) in [6.07, 6.45) is 5.18. The number of hydrogen-bond acceptors (Lipinski definition) is 3. The van der Waals surface area contributed by atoms with Crippen LogP contribution in [-0.4, -0.2) is 55.6 Å². The molecule has 132 valence electrons. The van der Waals surface area contributed by atoms with Crippen LogP contribution in [0.4, 0.5) is 0 Å². The first kappa shape index (κ1) is 17.4. The molecular formula is C20H30N2O2. The van der Waals surface area contributed by atoms with Gasteiger partial charge in [0.05, 0.1) is 0 Å². The molecule has 1 spiro atoms. The molecule has 2 heterocycles. The SMILES string of the molecule is COCCCN1CC2(CCC1=O)CCN(Cc1ccccc1)CC2. The van der Waals surface area contributed by atoms with E-state index in [1.54, 1.807) is 7.11 Å². The van der Waals surface area contributed by atoms with Crippen molar-refractivity contribution in [3.8, 4) is 0 Å². The number of carbonyl (C=O) groups excluding carboxylic acids is 1. The lowest BCUT2D eigenvalue weighted by molar-refractivity contribution is -0.139. The summed E-state index contributed by atoms with van der Waals surface area (Å²) in [5.41, 5.74) is 1.75. The molecule has 0 atom stereocenters. The van der Waals surface area contributed by atoms with E-state index in [0.29, 0.717) is 11.3 Å². The summed E-state index contributed by atoms with van der Waals surface area (Å²) in [5, 5.41) is 0. The Morgan fingerprint density at radius 1 is 1.12 bits per heavy atom. The Kier molecular flexibility index (Phi) is 5.90. The highest BCUT2D eigenvalue weighted by Gasteiger charge is 2.40. The second-order valence-corrected chi connectivity index (χ2v) is 7.42. The van der Waals surface area contributed by atoms with Gasteiger partial charge in [-0.25, -0.2) is 0 Å². The largest absolute Gasteiger partial charge is 0.385 e. The molecule has 1 aromatic carbocycles. The monoisotopic (exact) mass is 330 g/mol. The van der Waals surface area contributed by atoms with E-state index in [4.69, 9.17) is 4.74 Å². The van der Waals surface area contributed by atoms with Crippen LogP contribution in [0.2, 0.25) is 0 Å². The molecule has 0 unspecified atom stereocenters. The van der Waals surface area contributed by atoms with Crippen LogP contribution in [0.5, 0.6) is 0 Å². The van der Waals surface area contributed by atoms with Gasteiger partial charge in [-0.3, -0.25) is 9.69 Å². The van der Waals surface area contributed by atoms with Crippen LogP contribution in [0.25, 0.3) is 0 Å². The molecule has 24 heavy (non-hydrogen) atoms. The smallest absolute Gasteiger partial charge is 0.222 e. The van der Waals surface area contributed by atoms with Gasteiger partial charge in [0.15, 0.2) is 0 Å². The molecule has 2 saturated heterocycles. The van der Waals surface area contributed by atoms with Crippen LogP contribution in [0.3, 0.4) is 0 Å². The summed E-state index contributed by atoms with van der Waals surface area (Å²) in [6, 6.07) is 10.7. The number of hydrogen-bond donors (Lipinski definition) is 0. The Morgan fingerprint density at radius 2 is 1.88 bits per heavy atom. The van der Waals surface area contributed by atoms with Gasteiger partial charge in [0.25, 0.3) is 0 Å². The maximum absolute atomic E-state index is 12.2. The summed E-state index contributed by atoms with van der Waals surface area (Å²) in [6.45, 7) is 5.88. The van der Waals surface area contributed by atoms with Crippen molar-refractivity contribution in [1.29, 1.82) is 0 Å². The lowest BCUT2D eigenvalue weighted by atomic mass is 9.72. The van der Waals surface area contributed by atoms with E-state index >= 15 is 0 Å². The molecule has 1 aromatic rings. The quantitative estimate of drug-likeness (QED) is 0.752. The topological polar surface area (TPSA) is 32.8 Å². The fourth-order valence-corrected chi connectivity index (χ4v) is 4.14. The van der Waals surface area contributed by atoms with Gasteiger partial charge in [0.2, 0.25) is 5.91 Å². The molecule has 2 aliphatic heterocycles. The highest BCUT2D eigenvalue weighted by molar-refractivity contribution is 5.77. The third kappa shape index (κ3) is 4.37. The van der Waals surface area contributed by atoms with Crippen LogP contribution in [0.15, 0.2) is 30.3 Å². The molecule has 4 nitrogen and oxygen atoms in total. The molecule has 1 amide bonds. The molecule has 3 rings (SSSR count). The Balaban J connectivity index is 1.51. The second kappa shape index (κ2) is 8.13. The van der Waals surface area contributed by atoms with E-state index in [1.807, 2.05) is 0 Å².